The average Bonchev–Trinajstić information content (AvgIpc) is 1.60. The van der Waals surface area contributed by atoms with E-state index in [1.165, 1.54) is 12.5 Å². The lowest BCUT2D eigenvalue weighted by atomic mass is 10.3. The van der Waals surface area contributed by atoms with E-state index in [1.54, 1.807) is 7.11 Å². The van der Waals surface area contributed by atoms with Gasteiger partial charge in [0.1, 0.15) is 0 Å². The van der Waals surface area contributed by atoms with Crippen molar-refractivity contribution in [1.82, 2.24) is 44.1 Å². The Balaban J connectivity index is -0.000000279. The minimum atomic E-state index is -1.30. The molecule has 0 aromatic rings. The maximum atomic E-state index is 5.34. The molecule has 0 heterocycles. The second kappa shape index (κ2) is 68.5. The molecule has 0 spiro atoms. The summed E-state index contributed by atoms with van der Waals surface area (Å²) in [5.74, 6) is 9.59. The van der Waals surface area contributed by atoms with E-state index in [4.69, 9.17) is 8.85 Å². The molecule has 0 N–H and O–H groups in total. The van der Waals surface area contributed by atoms with Gasteiger partial charge in [0.05, 0.1) is 0 Å². The van der Waals surface area contributed by atoms with Crippen LogP contribution in [0.5, 0.6) is 0 Å². The quantitative estimate of drug-likeness (QED) is 0.0165. The summed E-state index contributed by atoms with van der Waals surface area (Å²) in [7, 11) is 7.83. The van der Waals surface area contributed by atoms with Crippen molar-refractivity contribution < 1.29 is 8.85 Å². The van der Waals surface area contributed by atoms with Gasteiger partial charge in [-0.1, -0.05) is 72.2 Å². The largest absolute Gasteiger partial charge is 0.420 e. The Labute approximate surface area is 656 Å². The molecule has 23 heteroatoms. The van der Waals surface area contributed by atoms with E-state index >= 15 is 0 Å². The lowest BCUT2D eigenvalue weighted by molar-refractivity contribution is 0.200. The molecule has 0 saturated heterocycles. The van der Waals surface area contributed by atoms with Gasteiger partial charge < -0.3 is 23.6 Å². The molecule has 0 unspecified atom stereocenters. The number of likely N-dealkylation sites (N-methyl/N-ethyl adjacent to an activating group) is 3. The van der Waals surface area contributed by atoms with Crippen LogP contribution in [0.25, 0.3) is 0 Å². The Hall–Kier alpha value is 1.67. The zero-order valence-electron chi connectivity index (χ0n) is 59.7. The molecular weight excluding hydrogens is 1410 g/mol. The molecule has 11 nitrogen and oxygen atoms in total. The van der Waals surface area contributed by atoms with Gasteiger partial charge in [-0.3, -0.25) is 29.4 Å². The first-order chi connectivity index (χ1) is 44.2. The van der Waals surface area contributed by atoms with Gasteiger partial charge in [-0.2, -0.15) is 126 Å². The van der Waals surface area contributed by atoms with Crippen LogP contribution in [0, 0.1) is 0 Å². The fraction of sp³-hybridized carbons (Fsp3) is 0.808. The summed E-state index contributed by atoms with van der Waals surface area (Å²) in [4.78, 5) is 23.1. The van der Waals surface area contributed by atoms with Gasteiger partial charge in [0.15, 0.2) is 16.6 Å². The van der Waals surface area contributed by atoms with Crippen molar-refractivity contribution >= 4 is 143 Å². The predicted octanol–water partition coefficient (Wildman–Crippen LogP) is 15.6. The molecule has 3 aliphatic rings. The third-order valence-electron chi connectivity index (χ3n) is 17.3. The van der Waals surface area contributed by atoms with Crippen LogP contribution in [0.1, 0.15) is 93.9 Å². The molecule has 3 rings (SSSR count). The summed E-state index contributed by atoms with van der Waals surface area (Å²) in [6.45, 7) is 51.3. The van der Waals surface area contributed by atoms with Gasteiger partial charge in [0.25, 0.3) is 0 Å². The van der Waals surface area contributed by atoms with E-state index in [2.05, 4.69) is 264 Å². The molecule has 0 aromatic carbocycles. The van der Waals surface area contributed by atoms with Crippen LogP contribution in [-0.2, 0) is 8.85 Å². The topological polar surface area (TPSA) is 47.6 Å². The van der Waals surface area contributed by atoms with Crippen molar-refractivity contribution in [2.24, 2.45) is 0 Å². The van der Waals surface area contributed by atoms with E-state index in [0.717, 1.165) is 220 Å². The van der Waals surface area contributed by atoms with Gasteiger partial charge in [-0.05, 0) is 240 Å². The minimum Gasteiger partial charge on any atom is -0.420 e. The van der Waals surface area contributed by atoms with Crippen molar-refractivity contribution in [3.8, 4) is 0 Å². The summed E-state index contributed by atoms with van der Waals surface area (Å²) in [5.41, 5.74) is 0. The Morgan fingerprint density at radius 3 is 0.625 bits per heavy atom. The maximum Gasteiger partial charge on any atom is 0.189 e. The molecule has 96 heavy (non-hydrogen) atoms. The summed E-state index contributed by atoms with van der Waals surface area (Å²) >= 11 is 44.1. The maximum absolute atomic E-state index is 5.34. The molecule has 3 saturated carbocycles. The molecule has 3 aliphatic carbocycles. The number of nitrogens with zero attached hydrogens (tertiary/aromatic N) is 9. The molecule has 3 fully saturated rings. The Kier molecular flexibility index (Phi) is 77.5. The molecule has 0 amide bonds. The van der Waals surface area contributed by atoms with Crippen LogP contribution in [0.4, 0.5) is 0 Å². The van der Waals surface area contributed by atoms with Crippen molar-refractivity contribution in [3.05, 3.63) is 88.6 Å². The molecule has 574 valence electrons. The Morgan fingerprint density at radius 2 is 0.469 bits per heavy atom. The zero-order valence-corrected chi connectivity index (χ0v) is 70.6. The van der Waals surface area contributed by atoms with Crippen molar-refractivity contribution in [1.29, 1.82) is 0 Å². The lowest BCUT2D eigenvalue weighted by Crippen LogP contribution is -2.37. The molecule has 0 atom stereocenters. The number of hydrogen-bond acceptors (Lipinski definition) is 21. The van der Waals surface area contributed by atoms with Gasteiger partial charge in [-0.25, -0.2) is 0 Å². The molecule has 0 bridgehead atoms. The van der Waals surface area contributed by atoms with Crippen LogP contribution in [0.15, 0.2) is 88.6 Å². The van der Waals surface area contributed by atoms with Crippen LogP contribution in [0.3, 0.4) is 0 Å². The van der Waals surface area contributed by atoms with Crippen molar-refractivity contribution in [2.45, 2.75) is 187 Å². The first-order valence-corrected chi connectivity index (χ1v) is 46.8. The summed E-state index contributed by atoms with van der Waals surface area (Å²) in [6, 6.07) is 7.33. The normalized spacial score (nSPS) is 19.9. The number of thiol groups is 10. The number of hydrogen-bond donors (Lipinski definition) is 10. The second-order valence-corrected chi connectivity index (χ2v) is 38.7. The Bertz CT molecular complexity index is 1610. The standard InChI is InChI=1S/C21H45N3S6.C21H33N3.C15H33N3S3.C6H16OSSi.C6H14OSi.4CH4/c25-13-1-7-22(8-2-14-26)19-20(23(9-3-15-27)10-4-16-28)21(19)24(11-5-17-29)12-6-18-30;1-7-13-22(14-8-2)19-20(23(15-9-3)16-10-4)21(19)24(17-11-5)18-12-6;1-16(7-4-10-19)13-14(17(2)8-5-11-20)15(13)18(3)9-6-12-21;1-7-9(2,3)6-4-5-8;1-5-6-8(3,4)7-2;;;;/h19-21,25-30H,1-18H2;7-12,19-21H,1-6,13-18H2;13-15,19-21H,4-12H2,1-3H3;8H,4-6H2,1-3H3;5H,1,6H2,2-4H3;4*1H4. The smallest absolute Gasteiger partial charge is 0.189 e. The zero-order chi connectivity index (χ0) is 69.9. The summed E-state index contributed by atoms with van der Waals surface area (Å²) in [6.07, 6.45) is 25.3. The van der Waals surface area contributed by atoms with E-state index in [1.807, 2.05) is 49.6 Å². The van der Waals surface area contributed by atoms with Gasteiger partial charge in [0, 0.05) is 108 Å². The number of rotatable bonds is 55. The van der Waals surface area contributed by atoms with E-state index in [-0.39, 0.29) is 29.7 Å². The average molecular weight is 1570 g/mol. The monoisotopic (exact) mass is 1570 g/mol. The summed E-state index contributed by atoms with van der Waals surface area (Å²) < 4.78 is 10.6. The van der Waals surface area contributed by atoms with Crippen LogP contribution in [0.2, 0.25) is 38.3 Å². The highest BCUT2D eigenvalue weighted by atomic mass is 32.1. The number of allylic oxidation sites excluding steroid dienone is 1. The third-order valence-corrected chi connectivity index (χ3v) is 25.5. The van der Waals surface area contributed by atoms with Gasteiger partial charge in [-0.15, -0.1) is 46.1 Å². The fourth-order valence-electron chi connectivity index (χ4n) is 12.2. The summed E-state index contributed by atoms with van der Waals surface area (Å²) in [5, 5.41) is 0. The van der Waals surface area contributed by atoms with Crippen molar-refractivity contribution in [2.75, 3.05) is 191 Å². The molecule has 0 radical (unpaired) electrons. The van der Waals surface area contributed by atoms with Gasteiger partial charge >= 0.3 is 0 Å². The van der Waals surface area contributed by atoms with Crippen LogP contribution >= 0.6 is 126 Å². The van der Waals surface area contributed by atoms with Crippen LogP contribution < -0.4 is 0 Å². The van der Waals surface area contributed by atoms with Gasteiger partial charge in [0.2, 0.25) is 0 Å². The second-order valence-electron chi connectivity index (χ2n) is 25.5. The third kappa shape index (κ3) is 45.9. The highest BCUT2D eigenvalue weighted by Gasteiger charge is 2.59. The van der Waals surface area contributed by atoms with Crippen molar-refractivity contribution in [3.63, 3.8) is 0 Å². The SMILES string of the molecule is C.C.C.C.C=CCN(CC=C)C1C(N(CC=C)CC=C)C1N(CC=C)CC=C.C=CC[Si](C)(C)OC.CN(CCCS)C1C(N(C)CCCS)C1N(C)CCCS.CO[Si](C)(C)CCCS.SCCCN(CCCS)C1C(N(CCCS)CCCS)C1N(CCCS)CCCS. The van der Waals surface area contributed by atoms with E-state index in [9.17, 15) is 0 Å². The fourth-order valence-corrected chi connectivity index (χ4v) is 16.0. The first-order valence-electron chi connectivity index (χ1n) is 34.2. The lowest BCUT2D eigenvalue weighted by Gasteiger charge is -2.26. The molecular formula is C73H157N9O2S10Si2. The highest BCUT2D eigenvalue weighted by Crippen LogP contribution is 2.41. The minimum absolute atomic E-state index is 0. The molecule has 0 aliphatic heterocycles. The van der Waals surface area contributed by atoms with E-state index < -0.39 is 16.6 Å². The molecule has 0 aromatic heterocycles. The Morgan fingerprint density at radius 1 is 0.281 bits per heavy atom. The van der Waals surface area contributed by atoms with E-state index in [0.29, 0.717) is 54.4 Å². The van der Waals surface area contributed by atoms with Crippen LogP contribution in [-0.4, -0.2) is 306 Å². The predicted molar refractivity (Wildman–Crippen MR) is 483 cm³/mol. The first kappa shape index (κ1) is 109. The highest BCUT2D eigenvalue weighted by molar-refractivity contribution is 7.81.